The first-order chi connectivity index (χ1) is 6.26. The van der Waals surface area contributed by atoms with Gasteiger partial charge in [0.2, 0.25) is 0 Å². The van der Waals surface area contributed by atoms with Gasteiger partial charge >= 0.3 is 0 Å². The van der Waals surface area contributed by atoms with Crippen LogP contribution in [-0.2, 0) is 12.2 Å². The smallest absolute Gasteiger partial charge is 0.140 e. The van der Waals surface area contributed by atoms with Crippen LogP contribution < -0.4 is 5.73 Å². The molecule has 0 amide bonds. The lowest BCUT2D eigenvalue weighted by atomic mass is 10.2. The summed E-state index contributed by atoms with van der Waals surface area (Å²) < 4.78 is 0. The van der Waals surface area contributed by atoms with Gasteiger partial charge in [-0.15, -0.1) is 0 Å². The molecule has 1 aromatic rings. The number of anilines is 1. The van der Waals surface area contributed by atoms with Gasteiger partial charge in [0.25, 0.3) is 0 Å². The highest BCUT2D eigenvalue weighted by molar-refractivity contribution is 7.97. The van der Waals surface area contributed by atoms with E-state index >= 15 is 0 Å². The van der Waals surface area contributed by atoms with E-state index in [-0.39, 0.29) is 0 Å². The second kappa shape index (κ2) is 5.07. The van der Waals surface area contributed by atoms with E-state index in [4.69, 9.17) is 5.73 Å². The molecule has 0 saturated heterocycles. The third-order valence-electron chi connectivity index (χ3n) is 1.62. The molecule has 0 aliphatic rings. The van der Waals surface area contributed by atoms with E-state index < -0.39 is 0 Å². The van der Waals surface area contributed by atoms with Crippen molar-refractivity contribution in [3.63, 3.8) is 0 Å². The minimum absolute atomic E-state index is 0.586. The largest absolute Gasteiger partial charge is 0.384 e. The second-order valence-corrected chi connectivity index (χ2v) is 3.75. The van der Waals surface area contributed by atoms with Gasteiger partial charge in [0, 0.05) is 11.8 Å². The first kappa shape index (κ1) is 10.3. The highest BCUT2D eigenvalue weighted by Gasteiger charge is 2.00. The molecule has 72 valence electrons. The lowest BCUT2D eigenvalue weighted by molar-refractivity contribution is 0.856. The Morgan fingerprint density at radius 1 is 1.46 bits per heavy atom. The van der Waals surface area contributed by atoms with Crippen LogP contribution in [0.2, 0.25) is 0 Å². The van der Waals surface area contributed by atoms with E-state index in [0.717, 1.165) is 30.1 Å². The van der Waals surface area contributed by atoms with Crippen molar-refractivity contribution in [2.75, 3.05) is 12.0 Å². The van der Waals surface area contributed by atoms with Gasteiger partial charge in [0.15, 0.2) is 0 Å². The predicted octanol–water partition coefficient (Wildman–Crippen LogP) is 1.87. The van der Waals surface area contributed by atoms with Crippen molar-refractivity contribution in [2.45, 2.75) is 25.5 Å². The molecule has 0 atom stereocenters. The maximum absolute atomic E-state index is 5.66. The summed E-state index contributed by atoms with van der Waals surface area (Å²) in [6, 6.07) is 1.85. The highest BCUT2D eigenvalue weighted by atomic mass is 32.2. The van der Waals surface area contributed by atoms with Crippen LogP contribution in [0, 0.1) is 0 Å². The van der Waals surface area contributed by atoms with Crippen LogP contribution in [-0.4, -0.2) is 16.2 Å². The van der Waals surface area contributed by atoms with Crippen molar-refractivity contribution in [1.82, 2.24) is 9.97 Å². The zero-order valence-electron chi connectivity index (χ0n) is 8.08. The molecule has 4 heteroatoms. The van der Waals surface area contributed by atoms with Gasteiger partial charge in [-0.25, -0.2) is 9.97 Å². The minimum atomic E-state index is 0.586. The van der Waals surface area contributed by atoms with E-state index in [9.17, 15) is 0 Å². The summed E-state index contributed by atoms with van der Waals surface area (Å²) >= 11 is 1.71. The van der Waals surface area contributed by atoms with E-state index in [1.807, 2.05) is 12.3 Å². The van der Waals surface area contributed by atoms with E-state index in [0.29, 0.717) is 5.82 Å². The standard InChI is InChI=1S/C9H15N3S/c1-3-4-7-5-8(10)12-9(11-7)6-13-2/h5H,3-4,6H2,1-2H3,(H2,10,11,12). The number of nitrogen functional groups attached to an aromatic ring is 1. The Kier molecular flexibility index (Phi) is 4.02. The molecular formula is C9H15N3S. The number of aryl methyl sites for hydroxylation is 1. The number of aromatic nitrogens is 2. The van der Waals surface area contributed by atoms with Crippen molar-refractivity contribution < 1.29 is 0 Å². The molecule has 0 unspecified atom stereocenters. The molecular weight excluding hydrogens is 182 g/mol. The summed E-state index contributed by atoms with van der Waals surface area (Å²) in [6.45, 7) is 2.13. The summed E-state index contributed by atoms with van der Waals surface area (Å²) in [4.78, 5) is 8.55. The fraction of sp³-hybridized carbons (Fsp3) is 0.556. The third kappa shape index (κ3) is 3.22. The monoisotopic (exact) mass is 197 g/mol. The van der Waals surface area contributed by atoms with E-state index in [1.165, 1.54) is 0 Å². The summed E-state index contributed by atoms with van der Waals surface area (Å²) in [7, 11) is 0. The molecule has 0 radical (unpaired) electrons. The molecule has 1 aromatic heterocycles. The molecule has 0 spiro atoms. The Morgan fingerprint density at radius 3 is 2.85 bits per heavy atom. The average Bonchev–Trinajstić information content (AvgIpc) is 2.04. The van der Waals surface area contributed by atoms with Gasteiger partial charge in [0.05, 0.1) is 5.75 Å². The summed E-state index contributed by atoms with van der Waals surface area (Å²) in [5.74, 6) is 2.26. The molecule has 1 heterocycles. The SMILES string of the molecule is CCCc1cc(N)nc(CSC)n1. The predicted molar refractivity (Wildman–Crippen MR) is 57.7 cm³/mol. The fourth-order valence-electron chi connectivity index (χ4n) is 1.15. The van der Waals surface area contributed by atoms with Crippen LogP contribution in [0.1, 0.15) is 24.9 Å². The first-order valence-electron chi connectivity index (χ1n) is 4.37. The Balaban J connectivity index is 2.83. The number of nitrogens with two attached hydrogens (primary N) is 1. The number of hydrogen-bond donors (Lipinski definition) is 1. The van der Waals surface area contributed by atoms with Crippen LogP contribution in [0.15, 0.2) is 6.07 Å². The third-order valence-corrected chi connectivity index (χ3v) is 2.17. The lowest BCUT2D eigenvalue weighted by Crippen LogP contribution is -2.02. The maximum Gasteiger partial charge on any atom is 0.140 e. The summed E-state index contributed by atoms with van der Waals surface area (Å²) in [5, 5.41) is 0. The quantitative estimate of drug-likeness (QED) is 0.800. The van der Waals surface area contributed by atoms with Crippen LogP contribution in [0.4, 0.5) is 5.82 Å². The zero-order valence-corrected chi connectivity index (χ0v) is 8.90. The van der Waals surface area contributed by atoms with Gasteiger partial charge in [-0.05, 0) is 12.7 Å². The first-order valence-corrected chi connectivity index (χ1v) is 5.77. The Morgan fingerprint density at radius 2 is 2.23 bits per heavy atom. The van der Waals surface area contributed by atoms with Crippen LogP contribution in [0.5, 0.6) is 0 Å². The van der Waals surface area contributed by atoms with Crippen molar-refractivity contribution >= 4 is 17.6 Å². The minimum Gasteiger partial charge on any atom is -0.384 e. The summed E-state index contributed by atoms with van der Waals surface area (Å²) in [6.07, 6.45) is 4.11. The van der Waals surface area contributed by atoms with Crippen LogP contribution in [0.25, 0.3) is 0 Å². The topological polar surface area (TPSA) is 51.8 Å². The molecule has 0 aliphatic heterocycles. The zero-order chi connectivity index (χ0) is 9.68. The normalized spacial score (nSPS) is 10.3. The van der Waals surface area contributed by atoms with Crippen molar-refractivity contribution in [3.8, 4) is 0 Å². The summed E-state index contributed by atoms with van der Waals surface area (Å²) in [5.41, 5.74) is 6.71. The van der Waals surface area contributed by atoms with Gasteiger partial charge in [-0.2, -0.15) is 11.8 Å². The lowest BCUT2D eigenvalue weighted by Gasteiger charge is -2.03. The van der Waals surface area contributed by atoms with Crippen molar-refractivity contribution in [2.24, 2.45) is 0 Å². The molecule has 0 fully saturated rings. The van der Waals surface area contributed by atoms with Gasteiger partial charge in [-0.1, -0.05) is 13.3 Å². The molecule has 0 bridgehead atoms. The van der Waals surface area contributed by atoms with Crippen molar-refractivity contribution in [1.29, 1.82) is 0 Å². The Bertz CT molecular complexity index is 251. The Hall–Kier alpha value is -0.770. The van der Waals surface area contributed by atoms with Gasteiger partial charge in [-0.3, -0.25) is 0 Å². The second-order valence-electron chi connectivity index (χ2n) is 2.88. The average molecular weight is 197 g/mol. The van der Waals surface area contributed by atoms with Crippen LogP contribution >= 0.6 is 11.8 Å². The molecule has 0 aromatic carbocycles. The van der Waals surface area contributed by atoms with Gasteiger partial charge in [0.1, 0.15) is 11.6 Å². The fourth-order valence-corrected chi connectivity index (χ4v) is 1.54. The Labute approximate surface area is 83.2 Å². The van der Waals surface area contributed by atoms with Crippen LogP contribution in [0.3, 0.4) is 0 Å². The molecule has 2 N–H and O–H groups in total. The van der Waals surface area contributed by atoms with E-state index in [1.54, 1.807) is 11.8 Å². The molecule has 0 saturated carbocycles. The number of rotatable bonds is 4. The van der Waals surface area contributed by atoms with Crippen molar-refractivity contribution in [3.05, 3.63) is 17.6 Å². The molecule has 3 nitrogen and oxygen atoms in total. The van der Waals surface area contributed by atoms with E-state index in [2.05, 4.69) is 16.9 Å². The number of thioether (sulfide) groups is 1. The number of hydrogen-bond acceptors (Lipinski definition) is 4. The molecule has 0 aliphatic carbocycles. The molecule has 13 heavy (non-hydrogen) atoms. The van der Waals surface area contributed by atoms with Gasteiger partial charge < -0.3 is 5.73 Å². The highest BCUT2D eigenvalue weighted by Crippen LogP contribution is 2.09. The maximum atomic E-state index is 5.66. The molecule has 1 rings (SSSR count). The number of nitrogens with zero attached hydrogens (tertiary/aromatic N) is 2.